The minimum absolute atomic E-state index is 0.117. The van der Waals surface area contributed by atoms with Crippen molar-refractivity contribution in [3.63, 3.8) is 0 Å². The van der Waals surface area contributed by atoms with Crippen molar-refractivity contribution in [3.8, 4) is 0 Å². The molecule has 0 saturated carbocycles. The zero-order chi connectivity index (χ0) is 17.5. The molecule has 2 aromatic carbocycles. The van der Waals surface area contributed by atoms with Gasteiger partial charge in [0.1, 0.15) is 5.82 Å². The van der Waals surface area contributed by atoms with Crippen LogP contribution in [0.3, 0.4) is 0 Å². The zero-order valence-electron chi connectivity index (χ0n) is 13.2. The number of hydrogen-bond acceptors (Lipinski definition) is 4. The molecule has 0 amide bonds. The molecule has 0 aliphatic rings. The lowest BCUT2D eigenvalue weighted by atomic mass is 10.1. The molecule has 0 aromatic heterocycles. The van der Waals surface area contributed by atoms with E-state index in [4.69, 9.17) is 9.84 Å². The van der Waals surface area contributed by atoms with Gasteiger partial charge in [0, 0.05) is 13.1 Å². The van der Waals surface area contributed by atoms with Crippen LogP contribution in [0.1, 0.15) is 22.3 Å². The third-order valence-corrected chi connectivity index (χ3v) is 3.57. The fraction of sp³-hybridized carbons (Fsp3) is 0.222. The van der Waals surface area contributed by atoms with E-state index in [-0.39, 0.29) is 19.5 Å². The van der Waals surface area contributed by atoms with Gasteiger partial charge in [0.05, 0.1) is 24.8 Å². The molecular formula is C18H18FNO4. The van der Waals surface area contributed by atoms with Crippen LogP contribution in [-0.4, -0.2) is 30.7 Å². The summed E-state index contributed by atoms with van der Waals surface area (Å²) in [5.74, 6) is -1.91. The molecule has 6 heteroatoms. The van der Waals surface area contributed by atoms with Gasteiger partial charge in [-0.1, -0.05) is 30.3 Å². The maximum absolute atomic E-state index is 14.1. The van der Waals surface area contributed by atoms with Gasteiger partial charge in [-0.2, -0.15) is 0 Å². The summed E-state index contributed by atoms with van der Waals surface area (Å²) in [7, 11) is 1.29. The summed E-state index contributed by atoms with van der Waals surface area (Å²) in [6, 6.07) is 13.0. The van der Waals surface area contributed by atoms with Crippen LogP contribution in [0.15, 0.2) is 48.5 Å². The number of para-hydroxylation sites is 1. The molecule has 0 unspecified atom stereocenters. The highest BCUT2D eigenvalue weighted by Crippen LogP contribution is 2.23. The van der Waals surface area contributed by atoms with Crippen molar-refractivity contribution in [1.29, 1.82) is 0 Å². The summed E-state index contributed by atoms with van der Waals surface area (Å²) in [6.45, 7) is 0.311. The number of hydrogen-bond donors (Lipinski definition) is 1. The molecule has 0 atom stereocenters. The Morgan fingerprint density at radius 1 is 1.12 bits per heavy atom. The van der Waals surface area contributed by atoms with Gasteiger partial charge in [0.15, 0.2) is 0 Å². The predicted octanol–water partition coefficient (Wildman–Crippen LogP) is 3.09. The first-order chi connectivity index (χ1) is 11.5. The van der Waals surface area contributed by atoms with E-state index in [2.05, 4.69) is 0 Å². The summed E-state index contributed by atoms with van der Waals surface area (Å²) >= 11 is 0. The number of carboxylic acids is 1. The van der Waals surface area contributed by atoms with Crippen LogP contribution >= 0.6 is 0 Å². The first-order valence-electron chi connectivity index (χ1n) is 7.40. The Labute approximate surface area is 139 Å². The Bertz CT molecular complexity index is 732. The number of halogens is 1. The summed E-state index contributed by atoms with van der Waals surface area (Å²) in [5, 5.41) is 8.93. The minimum Gasteiger partial charge on any atom is -0.481 e. The van der Waals surface area contributed by atoms with Crippen LogP contribution in [0.4, 0.5) is 10.1 Å². The van der Waals surface area contributed by atoms with Crippen molar-refractivity contribution in [2.75, 3.05) is 18.6 Å². The van der Waals surface area contributed by atoms with Crippen molar-refractivity contribution in [1.82, 2.24) is 0 Å². The number of aliphatic carboxylic acids is 1. The molecule has 1 N–H and O–H groups in total. The smallest absolute Gasteiger partial charge is 0.338 e. The third kappa shape index (κ3) is 4.32. The van der Waals surface area contributed by atoms with Crippen molar-refractivity contribution in [2.45, 2.75) is 13.0 Å². The third-order valence-electron chi connectivity index (χ3n) is 3.57. The van der Waals surface area contributed by atoms with Crippen LogP contribution in [-0.2, 0) is 16.1 Å². The summed E-state index contributed by atoms with van der Waals surface area (Å²) < 4.78 is 18.9. The number of rotatable bonds is 7. The maximum Gasteiger partial charge on any atom is 0.338 e. The molecule has 126 valence electrons. The van der Waals surface area contributed by atoms with Crippen LogP contribution in [0.5, 0.6) is 0 Å². The Kier molecular flexibility index (Phi) is 5.89. The molecule has 0 spiro atoms. The van der Waals surface area contributed by atoms with Crippen LogP contribution in [0.25, 0.3) is 0 Å². The lowest BCUT2D eigenvalue weighted by Crippen LogP contribution is -2.27. The van der Waals surface area contributed by atoms with Crippen molar-refractivity contribution < 1.29 is 23.8 Å². The van der Waals surface area contributed by atoms with E-state index in [1.807, 2.05) is 0 Å². The largest absolute Gasteiger partial charge is 0.481 e. The van der Waals surface area contributed by atoms with Gasteiger partial charge in [-0.25, -0.2) is 9.18 Å². The van der Waals surface area contributed by atoms with Crippen molar-refractivity contribution in [3.05, 3.63) is 65.5 Å². The number of carbonyl (C=O) groups is 2. The number of nitrogens with zero attached hydrogens (tertiary/aromatic N) is 1. The first-order valence-corrected chi connectivity index (χ1v) is 7.40. The number of ether oxygens (including phenoxy) is 1. The molecule has 0 fully saturated rings. The van der Waals surface area contributed by atoms with E-state index in [0.717, 1.165) is 0 Å². The number of carboxylic acid groups (broad SMARTS) is 1. The average Bonchev–Trinajstić information content (AvgIpc) is 2.58. The van der Waals surface area contributed by atoms with Crippen molar-refractivity contribution in [2.24, 2.45) is 0 Å². The van der Waals surface area contributed by atoms with Gasteiger partial charge < -0.3 is 14.7 Å². The average molecular weight is 331 g/mol. The Balaban J connectivity index is 2.34. The van der Waals surface area contributed by atoms with E-state index in [9.17, 15) is 14.0 Å². The lowest BCUT2D eigenvalue weighted by Gasteiger charge is -2.25. The molecule has 0 aliphatic carbocycles. The molecule has 2 aromatic rings. The highest BCUT2D eigenvalue weighted by atomic mass is 19.1. The second kappa shape index (κ2) is 8.10. The summed E-state index contributed by atoms with van der Waals surface area (Å²) in [5.41, 5.74) is 1.30. The SMILES string of the molecule is COC(=O)c1ccccc1CN(CCC(=O)O)c1ccccc1F. The minimum atomic E-state index is -0.974. The molecular weight excluding hydrogens is 313 g/mol. The second-order valence-electron chi connectivity index (χ2n) is 5.17. The van der Waals surface area contributed by atoms with Gasteiger partial charge in [-0.3, -0.25) is 4.79 Å². The maximum atomic E-state index is 14.1. The number of esters is 1. The monoisotopic (exact) mass is 331 g/mol. The first kappa shape index (κ1) is 17.5. The number of methoxy groups -OCH3 is 1. The van der Waals surface area contributed by atoms with Gasteiger partial charge in [-0.15, -0.1) is 0 Å². The summed E-state index contributed by atoms with van der Waals surface area (Å²) in [6.07, 6.45) is -0.144. The zero-order valence-corrected chi connectivity index (χ0v) is 13.2. The van der Waals surface area contributed by atoms with Crippen LogP contribution in [0, 0.1) is 5.82 Å². The van der Waals surface area contributed by atoms with Gasteiger partial charge in [0.2, 0.25) is 0 Å². The molecule has 2 rings (SSSR count). The lowest BCUT2D eigenvalue weighted by molar-refractivity contribution is -0.136. The molecule has 0 aliphatic heterocycles. The van der Waals surface area contributed by atoms with E-state index in [1.54, 1.807) is 47.4 Å². The number of benzene rings is 2. The van der Waals surface area contributed by atoms with Crippen molar-refractivity contribution >= 4 is 17.6 Å². The fourth-order valence-corrected chi connectivity index (χ4v) is 2.40. The highest BCUT2D eigenvalue weighted by Gasteiger charge is 2.17. The predicted molar refractivity (Wildman–Crippen MR) is 87.5 cm³/mol. The molecule has 0 radical (unpaired) electrons. The Hall–Kier alpha value is -2.89. The number of carbonyl (C=O) groups excluding carboxylic acids is 1. The van der Waals surface area contributed by atoms with Gasteiger partial charge in [0.25, 0.3) is 0 Å². The highest BCUT2D eigenvalue weighted by molar-refractivity contribution is 5.91. The van der Waals surface area contributed by atoms with Gasteiger partial charge in [-0.05, 0) is 23.8 Å². The van der Waals surface area contributed by atoms with Gasteiger partial charge >= 0.3 is 11.9 Å². The molecule has 0 heterocycles. The van der Waals surface area contributed by atoms with E-state index in [0.29, 0.717) is 16.8 Å². The quantitative estimate of drug-likeness (QED) is 0.790. The topological polar surface area (TPSA) is 66.8 Å². The van der Waals surface area contributed by atoms with E-state index < -0.39 is 17.8 Å². The van der Waals surface area contributed by atoms with Crippen LogP contribution < -0.4 is 4.90 Å². The van der Waals surface area contributed by atoms with Crippen LogP contribution in [0.2, 0.25) is 0 Å². The normalized spacial score (nSPS) is 10.2. The van der Waals surface area contributed by atoms with E-state index in [1.165, 1.54) is 13.2 Å². The second-order valence-corrected chi connectivity index (χ2v) is 5.17. The number of anilines is 1. The Morgan fingerprint density at radius 2 is 1.79 bits per heavy atom. The summed E-state index contributed by atoms with van der Waals surface area (Å²) in [4.78, 5) is 24.4. The van der Waals surface area contributed by atoms with E-state index >= 15 is 0 Å². The Morgan fingerprint density at radius 3 is 2.46 bits per heavy atom. The molecule has 24 heavy (non-hydrogen) atoms. The fourth-order valence-electron chi connectivity index (χ4n) is 2.40. The molecule has 5 nitrogen and oxygen atoms in total. The standard InChI is InChI=1S/C18H18FNO4/c1-24-18(23)14-7-3-2-6-13(14)12-20(11-10-17(21)22)16-9-5-4-8-15(16)19/h2-9H,10-12H2,1H3,(H,21,22). The molecule has 0 saturated heterocycles. The molecule has 0 bridgehead atoms.